The first-order valence-electron chi connectivity index (χ1n) is 11.6. The van der Waals surface area contributed by atoms with Crippen molar-refractivity contribution in [3.63, 3.8) is 0 Å². The van der Waals surface area contributed by atoms with Crippen LogP contribution in [0.5, 0.6) is 5.75 Å². The lowest BCUT2D eigenvalue weighted by atomic mass is 9.81. The van der Waals surface area contributed by atoms with Crippen LogP contribution >= 0.6 is 23.2 Å². The topological polar surface area (TPSA) is 73.9 Å². The van der Waals surface area contributed by atoms with E-state index in [0.717, 1.165) is 5.56 Å². The van der Waals surface area contributed by atoms with Gasteiger partial charge in [0, 0.05) is 10.9 Å². The molecule has 0 aliphatic carbocycles. The molecule has 3 atom stereocenters. The van der Waals surface area contributed by atoms with E-state index in [9.17, 15) is 9.59 Å². The van der Waals surface area contributed by atoms with Gasteiger partial charge in [0.25, 0.3) is 0 Å². The quantitative estimate of drug-likeness (QED) is 0.363. The van der Waals surface area contributed by atoms with E-state index in [-0.39, 0.29) is 5.92 Å². The SMILES string of the molecule is CC(OC(=O)[C@H](C)NC(=O)OC(C)(C)C)C(Cc1ccccc1)C(C)(C)Oc1ccc(Cl)cc1Cl. The van der Waals surface area contributed by atoms with Crippen molar-refractivity contribution in [2.45, 2.75) is 78.2 Å². The van der Waals surface area contributed by atoms with Crippen LogP contribution < -0.4 is 10.1 Å². The number of rotatable bonds is 9. The summed E-state index contributed by atoms with van der Waals surface area (Å²) in [5, 5.41) is 3.43. The van der Waals surface area contributed by atoms with E-state index in [0.29, 0.717) is 22.2 Å². The minimum Gasteiger partial charge on any atom is -0.486 e. The van der Waals surface area contributed by atoms with Gasteiger partial charge in [-0.1, -0.05) is 53.5 Å². The number of amides is 1. The van der Waals surface area contributed by atoms with Crippen LogP contribution in [0.4, 0.5) is 4.79 Å². The molecular weight excluding hydrogens is 489 g/mol. The standard InChI is InChI=1S/C27H35Cl2NO5/c1-17(30-25(32)35-26(3,4)5)24(31)33-18(2)21(15-19-11-9-8-10-12-19)27(6,7)34-23-14-13-20(28)16-22(23)29/h8-14,16-18,21H,15H2,1-7H3,(H,30,32)/t17-,18?,21?/m0/s1. The first-order chi connectivity index (χ1) is 16.2. The van der Waals surface area contributed by atoms with Gasteiger partial charge in [0.1, 0.15) is 29.1 Å². The molecule has 0 aliphatic heterocycles. The summed E-state index contributed by atoms with van der Waals surface area (Å²) in [7, 11) is 0. The number of halogens is 2. The Balaban J connectivity index is 2.20. The molecule has 0 fully saturated rings. The predicted molar refractivity (Wildman–Crippen MR) is 139 cm³/mol. The lowest BCUT2D eigenvalue weighted by Gasteiger charge is -2.38. The number of hydrogen-bond donors (Lipinski definition) is 1. The fourth-order valence-electron chi connectivity index (χ4n) is 3.67. The van der Waals surface area contributed by atoms with Crippen LogP contribution in [0.3, 0.4) is 0 Å². The average molecular weight is 524 g/mol. The molecule has 6 nitrogen and oxygen atoms in total. The van der Waals surface area contributed by atoms with Gasteiger partial charge >= 0.3 is 12.1 Å². The van der Waals surface area contributed by atoms with Crippen LogP contribution in [0.25, 0.3) is 0 Å². The lowest BCUT2D eigenvalue weighted by molar-refractivity contribution is -0.156. The molecule has 0 spiro atoms. The van der Waals surface area contributed by atoms with Gasteiger partial charge in [-0.15, -0.1) is 0 Å². The molecule has 8 heteroatoms. The van der Waals surface area contributed by atoms with Gasteiger partial charge in [0.2, 0.25) is 0 Å². The predicted octanol–water partition coefficient (Wildman–Crippen LogP) is 6.85. The molecule has 1 amide bonds. The molecule has 0 radical (unpaired) electrons. The summed E-state index contributed by atoms with van der Waals surface area (Å²) >= 11 is 12.4. The molecule has 0 saturated heterocycles. The highest BCUT2D eigenvalue weighted by atomic mass is 35.5. The second-order valence-electron chi connectivity index (χ2n) is 10.1. The molecule has 0 aromatic heterocycles. The Hall–Kier alpha value is -2.44. The third kappa shape index (κ3) is 9.26. The number of benzene rings is 2. The fourth-order valence-corrected chi connectivity index (χ4v) is 4.12. The molecule has 35 heavy (non-hydrogen) atoms. The van der Waals surface area contributed by atoms with Gasteiger partial charge in [-0.3, -0.25) is 0 Å². The maximum Gasteiger partial charge on any atom is 0.408 e. The molecule has 0 heterocycles. The third-order valence-corrected chi connectivity index (χ3v) is 5.94. The van der Waals surface area contributed by atoms with Crippen molar-refractivity contribution in [1.29, 1.82) is 0 Å². The second-order valence-corrected chi connectivity index (χ2v) is 10.9. The van der Waals surface area contributed by atoms with Gasteiger partial charge in [0.05, 0.1) is 5.02 Å². The minimum absolute atomic E-state index is 0.255. The van der Waals surface area contributed by atoms with Crippen molar-refractivity contribution in [3.05, 3.63) is 64.1 Å². The summed E-state index contributed by atoms with van der Waals surface area (Å²) in [4.78, 5) is 24.9. The zero-order valence-electron chi connectivity index (χ0n) is 21.4. The fraction of sp³-hybridized carbons (Fsp3) is 0.481. The molecule has 0 saturated carbocycles. The number of carbonyl (C=O) groups excluding carboxylic acids is 2. The number of alkyl carbamates (subject to hydrolysis) is 1. The molecule has 1 N–H and O–H groups in total. The highest BCUT2D eigenvalue weighted by molar-refractivity contribution is 6.35. The summed E-state index contributed by atoms with van der Waals surface area (Å²) in [5.74, 6) is -0.339. The lowest BCUT2D eigenvalue weighted by Crippen LogP contribution is -2.48. The van der Waals surface area contributed by atoms with Crippen molar-refractivity contribution < 1.29 is 23.8 Å². The molecular formula is C27H35Cl2NO5. The normalized spacial score (nSPS) is 14.4. The number of esters is 1. The van der Waals surface area contributed by atoms with Crippen LogP contribution in [0.2, 0.25) is 10.0 Å². The van der Waals surface area contributed by atoms with Crippen molar-refractivity contribution in [2.24, 2.45) is 5.92 Å². The smallest absolute Gasteiger partial charge is 0.408 e. The summed E-state index contributed by atoms with van der Waals surface area (Å²) < 4.78 is 17.4. The van der Waals surface area contributed by atoms with E-state index in [2.05, 4.69) is 5.32 Å². The Kier molecular flexibility index (Phi) is 9.87. The highest BCUT2D eigenvalue weighted by Crippen LogP contribution is 2.36. The van der Waals surface area contributed by atoms with E-state index < -0.39 is 35.4 Å². The molecule has 0 bridgehead atoms. The van der Waals surface area contributed by atoms with E-state index in [4.69, 9.17) is 37.4 Å². The summed E-state index contributed by atoms with van der Waals surface area (Å²) in [6.45, 7) is 12.5. The minimum atomic E-state index is -0.889. The Labute approximate surface area is 218 Å². The molecule has 2 unspecified atom stereocenters. The van der Waals surface area contributed by atoms with E-state index >= 15 is 0 Å². The van der Waals surface area contributed by atoms with E-state index in [1.807, 2.05) is 51.1 Å². The second kappa shape index (κ2) is 12.0. The Morgan fingerprint density at radius 3 is 2.17 bits per heavy atom. The van der Waals surface area contributed by atoms with Gasteiger partial charge in [-0.2, -0.15) is 0 Å². The number of carbonyl (C=O) groups is 2. The largest absolute Gasteiger partial charge is 0.486 e. The highest BCUT2D eigenvalue weighted by Gasteiger charge is 2.39. The molecule has 0 aliphatic rings. The third-order valence-electron chi connectivity index (χ3n) is 5.41. The number of hydrogen-bond acceptors (Lipinski definition) is 5. The van der Waals surface area contributed by atoms with Crippen molar-refractivity contribution in [3.8, 4) is 5.75 Å². The Bertz CT molecular complexity index is 1000. The first kappa shape index (κ1) is 28.8. The molecule has 2 rings (SSSR count). The van der Waals surface area contributed by atoms with Crippen molar-refractivity contribution in [2.75, 3.05) is 0 Å². The molecule has 2 aromatic rings. The first-order valence-corrected chi connectivity index (χ1v) is 12.3. The zero-order valence-corrected chi connectivity index (χ0v) is 22.9. The molecule has 2 aromatic carbocycles. The maximum absolute atomic E-state index is 12.8. The van der Waals surface area contributed by atoms with Crippen molar-refractivity contribution in [1.82, 2.24) is 5.32 Å². The average Bonchev–Trinajstić information content (AvgIpc) is 2.73. The number of nitrogens with one attached hydrogen (secondary N) is 1. The van der Waals surface area contributed by atoms with Crippen LogP contribution in [0, 0.1) is 5.92 Å². The van der Waals surface area contributed by atoms with E-state index in [1.54, 1.807) is 45.9 Å². The van der Waals surface area contributed by atoms with Crippen LogP contribution in [0.1, 0.15) is 54.0 Å². The maximum atomic E-state index is 12.8. The summed E-state index contributed by atoms with van der Waals surface area (Å²) in [5.41, 5.74) is -0.389. The Morgan fingerprint density at radius 1 is 0.971 bits per heavy atom. The van der Waals surface area contributed by atoms with Gasteiger partial charge in [0.15, 0.2) is 0 Å². The van der Waals surface area contributed by atoms with Crippen LogP contribution in [0.15, 0.2) is 48.5 Å². The Morgan fingerprint density at radius 2 is 1.60 bits per heavy atom. The van der Waals surface area contributed by atoms with Crippen LogP contribution in [-0.2, 0) is 20.7 Å². The van der Waals surface area contributed by atoms with Gasteiger partial charge in [-0.25, -0.2) is 9.59 Å². The molecule has 192 valence electrons. The summed E-state index contributed by atoms with van der Waals surface area (Å²) in [6.07, 6.45) is -0.649. The van der Waals surface area contributed by atoms with Crippen LogP contribution in [-0.4, -0.2) is 35.4 Å². The zero-order chi connectivity index (χ0) is 26.4. The number of ether oxygens (including phenoxy) is 3. The summed E-state index contributed by atoms with van der Waals surface area (Å²) in [6, 6.07) is 14.0. The monoisotopic (exact) mass is 523 g/mol. The van der Waals surface area contributed by atoms with Gasteiger partial charge < -0.3 is 19.5 Å². The van der Waals surface area contributed by atoms with Gasteiger partial charge in [-0.05, 0) is 78.6 Å². The van der Waals surface area contributed by atoms with E-state index in [1.165, 1.54) is 0 Å². The van der Waals surface area contributed by atoms with Crippen molar-refractivity contribution >= 4 is 35.3 Å².